The van der Waals surface area contributed by atoms with E-state index in [1.807, 2.05) is 0 Å². The molecule has 0 fully saturated rings. The molecule has 0 N–H and O–H groups in total. The summed E-state index contributed by atoms with van der Waals surface area (Å²) in [5.74, 6) is 0. The molecule has 0 aliphatic carbocycles. The van der Waals surface area contributed by atoms with Crippen molar-refractivity contribution >= 4 is 47.1 Å². The van der Waals surface area contributed by atoms with Gasteiger partial charge < -0.3 is 0 Å². The summed E-state index contributed by atoms with van der Waals surface area (Å²) in [6, 6.07) is 0. The normalized spacial score (nSPS) is 14.9. The van der Waals surface area contributed by atoms with E-state index in [0.29, 0.717) is 0 Å². The molecule has 0 spiro atoms. The minimum absolute atomic E-state index is 0.956. The second kappa shape index (κ2) is 5.30. The van der Waals surface area contributed by atoms with Crippen molar-refractivity contribution in [2.75, 3.05) is 0 Å². The van der Waals surface area contributed by atoms with Crippen molar-refractivity contribution in [3.8, 4) is 0 Å². The summed E-state index contributed by atoms with van der Waals surface area (Å²) < 4.78 is 114. The second-order valence-corrected chi connectivity index (χ2v) is 14.2. The molecule has 0 saturated carbocycles. The molecular weight excluding hydrogens is 433 g/mol. The van der Waals surface area contributed by atoms with Crippen molar-refractivity contribution in [3.63, 3.8) is 0 Å². The summed E-state index contributed by atoms with van der Waals surface area (Å²) in [5.41, 5.74) is -11.5. The van der Waals surface area contributed by atoms with Crippen LogP contribution in [0.5, 0.6) is 0 Å². The van der Waals surface area contributed by atoms with Crippen molar-refractivity contribution in [2.24, 2.45) is 0 Å². The summed E-state index contributed by atoms with van der Waals surface area (Å²) in [5, 5.41) is 0. The first-order valence-corrected chi connectivity index (χ1v) is 11.8. The average Bonchev–Trinajstić information content (AvgIpc) is 1.98. The van der Waals surface area contributed by atoms with Gasteiger partial charge in [-0.05, 0) is 0 Å². The van der Waals surface area contributed by atoms with E-state index in [0.717, 1.165) is 0 Å². The molecule has 0 atom stereocenters. The van der Waals surface area contributed by atoms with E-state index in [9.17, 15) is 43.2 Å². The molecule has 0 amide bonds. The van der Waals surface area contributed by atoms with Crippen molar-refractivity contribution < 1.29 is 45.7 Å². The van der Waals surface area contributed by atoms with Gasteiger partial charge in [-0.25, -0.2) is 0 Å². The topological polar surface area (TPSA) is 77.5 Å². The number of hydrogen-bond acceptors (Lipinski definition) is 6. The zero-order chi connectivity index (χ0) is 14.1. The Morgan fingerprint density at radius 1 is 0.882 bits per heavy atom. The van der Waals surface area contributed by atoms with Gasteiger partial charge in [-0.3, -0.25) is 0 Å². The number of alkyl halides is 6. The van der Waals surface area contributed by atoms with Crippen LogP contribution >= 0.6 is 7.98 Å². The van der Waals surface area contributed by atoms with E-state index >= 15 is 0 Å². The summed E-state index contributed by atoms with van der Waals surface area (Å²) in [4.78, 5) is 0. The Bertz CT molecular complexity index is 415. The molecule has 0 bridgehead atoms. The number of rotatable bonds is 4. The molecule has 0 aromatic carbocycles. The van der Waals surface area contributed by atoms with E-state index in [1.54, 1.807) is 0 Å². The van der Waals surface area contributed by atoms with Gasteiger partial charge in [-0.15, -0.1) is 0 Å². The van der Waals surface area contributed by atoms with E-state index in [2.05, 4.69) is 2.52 Å². The molecular formula is C2F6O5S3Sn. The molecule has 0 aromatic heterocycles. The van der Waals surface area contributed by atoms with Crippen LogP contribution in [-0.4, -0.2) is 48.0 Å². The van der Waals surface area contributed by atoms with Crippen molar-refractivity contribution in [3.05, 3.63) is 0 Å². The molecule has 0 aliphatic rings. The zero-order valence-corrected chi connectivity index (χ0v) is 12.3. The summed E-state index contributed by atoms with van der Waals surface area (Å²) in [7, 11) is -12.7. The van der Waals surface area contributed by atoms with Crippen LogP contribution in [0.4, 0.5) is 26.3 Å². The average molecular weight is 433 g/mol. The fraction of sp³-hybridized carbons (Fsp3) is 1.00. The maximum absolute atomic E-state index is 11.7. The Labute approximate surface area is 104 Å². The van der Waals surface area contributed by atoms with E-state index in [1.165, 1.54) is 0 Å². The first kappa shape index (κ1) is 17.6. The van der Waals surface area contributed by atoms with Crippen LogP contribution in [0, 0.1) is 0 Å². The quantitative estimate of drug-likeness (QED) is 0.285. The molecule has 0 aliphatic heterocycles. The van der Waals surface area contributed by atoms with Crippen molar-refractivity contribution in [1.29, 1.82) is 0 Å². The Morgan fingerprint density at radius 3 is 1.59 bits per heavy atom. The summed E-state index contributed by atoms with van der Waals surface area (Å²) >= 11 is -3.45. The molecule has 0 rings (SSSR count). The summed E-state index contributed by atoms with van der Waals surface area (Å²) in [6.45, 7) is 0. The third-order valence-corrected chi connectivity index (χ3v) is 15.2. The van der Waals surface area contributed by atoms with Crippen LogP contribution in [0.1, 0.15) is 0 Å². The van der Waals surface area contributed by atoms with E-state index < -0.39 is 58.2 Å². The Balaban J connectivity index is 4.58. The SMILES string of the molecule is O=S(=O)([O][Sn][S]S(=O)(=O)C(F)(F)F)C(F)(F)F. The van der Waals surface area contributed by atoms with Gasteiger partial charge >= 0.3 is 104 Å². The van der Waals surface area contributed by atoms with Gasteiger partial charge in [0.05, 0.1) is 0 Å². The Hall–Kier alpha value is 0.589. The van der Waals surface area contributed by atoms with Gasteiger partial charge in [0.2, 0.25) is 0 Å². The van der Waals surface area contributed by atoms with Gasteiger partial charge in [-0.1, -0.05) is 0 Å². The van der Waals surface area contributed by atoms with Crippen LogP contribution in [0.3, 0.4) is 0 Å². The van der Waals surface area contributed by atoms with Gasteiger partial charge in [0.15, 0.2) is 0 Å². The third-order valence-electron chi connectivity index (χ3n) is 0.854. The van der Waals surface area contributed by atoms with Crippen LogP contribution in [0.2, 0.25) is 0 Å². The molecule has 0 unspecified atom stereocenters. The molecule has 15 heteroatoms. The van der Waals surface area contributed by atoms with Crippen LogP contribution < -0.4 is 0 Å². The summed E-state index contributed by atoms with van der Waals surface area (Å²) in [6.07, 6.45) is 0. The minimum atomic E-state index is -6.04. The molecule has 0 aromatic rings. The number of hydrogen-bond donors (Lipinski definition) is 0. The molecule has 102 valence electrons. The van der Waals surface area contributed by atoms with Crippen LogP contribution in [0.15, 0.2) is 0 Å². The zero-order valence-electron chi connectivity index (χ0n) is 7.03. The monoisotopic (exact) mass is 434 g/mol. The molecule has 2 radical (unpaired) electrons. The number of halogens is 6. The standard InChI is InChI=1S/CHF3O3S.CHF3O2S2.Sn/c2*2-1(3,4)8(5,6)7;/h2*(H,5,6,7);/q;;+2/p-2. The first-order valence-electron chi connectivity index (χ1n) is 2.95. The molecule has 0 saturated heterocycles. The van der Waals surface area contributed by atoms with Gasteiger partial charge in [0.1, 0.15) is 0 Å². The maximum atomic E-state index is 11.7. The molecule has 5 nitrogen and oxygen atoms in total. The van der Waals surface area contributed by atoms with Crippen molar-refractivity contribution in [1.82, 2.24) is 0 Å². The van der Waals surface area contributed by atoms with Gasteiger partial charge in [-0.2, -0.15) is 0 Å². The fourth-order valence-corrected chi connectivity index (χ4v) is 11.7. The predicted molar refractivity (Wildman–Crippen MR) is 44.4 cm³/mol. The van der Waals surface area contributed by atoms with Crippen LogP contribution in [-0.2, 0) is 21.5 Å². The van der Waals surface area contributed by atoms with Gasteiger partial charge in [0.25, 0.3) is 0 Å². The van der Waals surface area contributed by atoms with Gasteiger partial charge in [0, 0.05) is 0 Å². The molecule has 17 heavy (non-hydrogen) atoms. The second-order valence-electron chi connectivity index (χ2n) is 2.05. The predicted octanol–water partition coefficient (Wildman–Crippen LogP) is 0.970. The molecule has 0 heterocycles. The van der Waals surface area contributed by atoms with E-state index in [4.69, 9.17) is 0 Å². The first-order chi connectivity index (χ1) is 7.21. The third kappa shape index (κ3) is 4.99. The Morgan fingerprint density at radius 2 is 1.29 bits per heavy atom. The fourth-order valence-electron chi connectivity index (χ4n) is 0.198. The Kier molecular flexibility index (Phi) is 5.48. The van der Waals surface area contributed by atoms with Crippen LogP contribution in [0.25, 0.3) is 0 Å². The van der Waals surface area contributed by atoms with Crippen molar-refractivity contribution in [2.45, 2.75) is 11.0 Å². The van der Waals surface area contributed by atoms with E-state index in [-0.39, 0.29) is 0 Å².